The van der Waals surface area contributed by atoms with Crippen molar-refractivity contribution in [3.8, 4) is 0 Å². The van der Waals surface area contributed by atoms with Crippen molar-refractivity contribution >= 4 is 5.91 Å². The van der Waals surface area contributed by atoms with Gasteiger partial charge >= 0.3 is 0 Å². The van der Waals surface area contributed by atoms with Crippen LogP contribution in [0.5, 0.6) is 0 Å². The Morgan fingerprint density at radius 2 is 0.543 bits per heavy atom. The molecule has 0 aromatic heterocycles. The van der Waals surface area contributed by atoms with Gasteiger partial charge in [-0.2, -0.15) is 0 Å². The summed E-state index contributed by atoms with van der Waals surface area (Å²) in [6.45, 7) is 4.40. The third-order valence-electron chi connectivity index (χ3n) is 15.8. The molecule has 0 aliphatic rings. The number of nitrogens with one attached hydrogen (secondary N) is 1. The maximum absolute atomic E-state index is 12.5. The molecule has 0 spiro atoms. The van der Waals surface area contributed by atoms with Gasteiger partial charge in [0.1, 0.15) is 0 Å². The van der Waals surface area contributed by atoms with Crippen LogP contribution in [0.4, 0.5) is 0 Å². The number of carbonyl (C=O) groups is 1. The fourth-order valence-corrected chi connectivity index (χ4v) is 10.8. The first-order valence-electron chi connectivity index (χ1n) is 32.9. The van der Waals surface area contributed by atoms with Crippen molar-refractivity contribution in [2.24, 2.45) is 0 Å². The lowest BCUT2D eigenvalue weighted by molar-refractivity contribution is -0.123. The second kappa shape index (κ2) is 62.4. The molecule has 2 atom stereocenters. The molecule has 418 valence electrons. The topological polar surface area (TPSA) is 69.6 Å². The molecule has 0 saturated carbocycles. The van der Waals surface area contributed by atoms with E-state index < -0.39 is 12.1 Å². The van der Waals surface area contributed by atoms with Gasteiger partial charge in [0.25, 0.3) is 0 Å². The van der Waals surface area contributed by atoms with E-state index in [-0.39, 0.29) is 12.5 Å². The van der Waals surface area contributed by atoms with Crippen LogP contribution in [0.2, 0.25) is 0 Å². The Kier molecular flexibility index (Phi) is 61.6. The van der Waals surface area contributed by atoms with Gasteiger partial charge in [-0.25, -0.2) is 0 Å². The first-order valence-corrected chi connectivity index (χ1v) is 32.9. The second-order valence-electron chi connectivity index (χ2n) is 22.9. The Labute approximate surface area is 441 Å². The normalized spacial score (nSPS) is 12.7. The van der Waals surface area contributed by atoms with E-state index in [9.17, 15) is 15.0 Å². The van der Waals surface area contributed by atoms with Crippen LogP contribution in [0.25, 0.3) is 0 Å². The molecule has 3 N–H and O–H groups in total. The average molecular weight is 987 g/mol. The average Bonchev–Trinajstić information content (AvgIpc) is 3.36. The molecule has 0 aromatic carbocycles. The van der Waals surface area contributed by atoms with Gasteiger partial charge in [-0.3, -0.25) is 4.79 Å². The maximum Gasteiger partial charge on any atom is 0.220 e. The van der Waals surface area contributed by atoms with E-state index in [0.29, 0.717) is 12.8 Å². The maximum atomic E-state index is 12.5. The van der Waals surface area contributed by atoms with Crippen molar-refractivity contribution in [1.82, 2.24) is 5.32 Å². The Balaban J connectivity index is 3.33. The Bertz CT molecular complexity index is 982. The van der Waals surface area contributed by atoms with E-state index in [1.165, 1.54) is 334 Å². The zero-order valence-corrected chi connectivity index (χ0v) is 48.3. The summed E-state index contributed by atoms with van der Waals surface area (Å²) in [6, 6.07) is -0.532. The fourth-order valence-electron chi connectivity index (χ4n) is 10.8. The molecular weight excluding hydrogens is 855 g/mol. The first-order chi connectivity index (χ1) is 34.7. The smallest absolute Gasteiger partial charge is 0.220 e. The van der Waals surface area contributed by atoms with Crippen LogP contribution in [0.15, 0.2) is 12.2 Å². The Morgan fingerprint density at radius 1 is 0.329 bits per heavy atom. The minimum Gasteiger partial charge on any atom is -0.394 e. The lowest BCUT2D eigenvalue weighted by atomic mass is 10.0. The van der Waals surface area contributed by atoms with E-state index in [0.717, 1.165) is 25.7 Å². The summed E-state index contributed by atoms with van der Waals surface area (Å²) in [4.78, 5) is 12.5. The van der Waals surface area contributed by atoms with Crippen molar-refractivity contribution in [3.63, 3.8) is 0 Å². The number of aliphatic hydroxyl groups is 2. The summed E-state index contributed by atoms with van der Waals surface area (Å²) in [5, 5.41) is 23.4. The SMILES string of the molecule is CCCCCCCCCC/C=C\CCCCCCCCCCCCCCCCCCCCCCCCCCCCCCCC(=O)NC(CO)C(O)CCCCCCCCCCCCCCCCCCC. The molecule has 4 heteroatoms. The van der Waals surface area contributed by atoms with Crippen LogP contribution >= 0.6 is 0 Å². The molecule has 70 heavy (non-hydrogen) atoms. The largest absolute Gasteiger partial charge is 0.394 e. The van der Waals surface area contributed by atoms with Crippen LogP contribution in [0.3, 0.4) is 0 Å². The summed E-state index contributed by atoms with van der Waals surface area (Å²) < 4.78 is 0. The number of hydrogen-bond donors (Lipinski definition) is 3. The summed E-state index contributed by atoms with van der Waals surface area (Å²) >= 11 is 0. The molecule has 0 rings (SSSR count). The third-order valence-corrected chi connectivity index (χ3v) is 15.8. The van der Waals surface area contributed by atoms with E-state index in [1.54, 1.807) is 0 Å². The fraction of sp³-hybridized carbons (Fsp3) is 0.955. The highest BCUT2D eigenvalue weighted by Crippen LogP contribution is 2.19. The van der Waals surface area contributed by atoms with E-state index in [1.807, 2.05) is 0 Å². The number of carbonyl (C=O) groups excluding carboxylic acids is 1. The molecule has 0 heterocycles. The van der Waals surface area contributed by atoms with Gasteiger partial charge < -0.3 is 15.5 Å². The molecule has 0 radical (unpaired) electrons. The number of aliphatic hydroxyl groups excluding tert-OH is 2. The van der Waals surface area contributed by atoms with Crippen LogP contribution < -0.4 is 5.32 Å². The summed E-state index contributed by atoms with van der Waals surface area (Å²) in [5.41, 5.74) is 0. The van der Waals surface area contributed by atoms with Gasteiger partial charge in [0, 0.05) is 6.42 Å². The van der Waals surface area contributed by atoms with Gasteiger partial charge in [0.2, 0.25) is 5.91 Å². The quantitative estimate of drug-likeness (QED) is 0.0420. The molecular formula is C66H131NO3. The van der Waals surface area contributed by atoms with Gasteiger partial charge in [-0.05, 0) is 38.5 Å². The predicted molar refractivity (Wildman–Crippen MR) is 313 cm³/mol. The highest BCUT2D eigenvalue weighted by molar-refractivity contribution is 5.76. The van der Waals surface area contributed by atoms with Gasteiger partial charge in [0.15, 0.2) is 0 Å². The number of allylic oxidation sites excluding steroid dienone is 2. The lowest BCUT2D eigenvalue weighted by Crippen LogP contribution is -2.45. The molecule has 0 aliphatic heterocycles. The number of amides is 1. The summed E-state index contributed by atoms with van der Waals surface area (Å²) in [6.07, 6.45) is 82.6. The van der Waals surface area contributed by atoms with Gasteiger partial charge in [-0.1, -0.05) is 353 Å². The van der Waals surface area contributed by atoms with Crippen LogP contribution in [0.1, 0.15) is 386 Å². The predicted octanol–water partition coefficient (Wildman–Crippen LogP) is 22.0. The molecule has 4 nitrogen and oxygen atoms in total. The molecule has 1 amide bonds. The van der Waals surface area contributed by atoms with Crippen LogP contribution in [-0.4, -0.2) is 34.9 Å². The number of rotatable bonds is 62. The van der Waals surface area contributed by atoms with Crippen LogP contribution in [0, 0.1) is 0 Å². The standard InChI is InChI=1S/C66H131NO3/c1-3-5-7-9-11-13-15-17-19-21-22-23-24-25-26-27-28-29-30-31-32-33-34-35-36-37-38-39-40-41-42-43-44-46-48-50-52-54-56-58-60-62-66(70)67-64(63-68)65(69)61-59-57-55-53-51-49-47-45-20-18-16-14-12-10-8-6-4-2/h21-22,64-65,68-69H,3-20,23-63H2,1-2H3,(H,67,70)/b22-21-. The molecule has 0 fully saturated rings. The molecule has 0 saturated heterocycles. The monoisotopic (exact) mass is 986 g/mol. The van der Waals surface area contributed by atoms with Crippen molar-refractivity contribution in [2.75, 3.05) is 6.61 Å². The summed E-state index contributed by atoms with van der Waals surface area (Å²) in [5.74, 6) is -0.0219. The van der Waals surface area contributed by atoms with Crippen molar-refractivity contribution < 1.29 is 15.0 Å². The third kappa shape index (κ3) is 58.0. The van der Waals surface area contributed by atoms with Gasteiger partial charge in [-0.15, -0.1) is 0 Å². The Morgan fingerprint density at radius 3 is 0.786 bits per heavy atom. The van der Waals surface area contributed by atoms with E-state index in [2.05, 4.69) is 31.3 Å². The first kappa shape index (κ1) is 69.1. The zero-order valence-electron chi connectivity index (χ0n) is 48.3. The molecule has 0 aliphatic carbocycles. The van der Waals surface area contributed by atoms with Crippen molar-refractivity contribution in [2.45, 2.75) is 398 Å². The van der Waals surface area contributed by atoms with Gasteiger partial charge in [0.05, 0.1) is 18.8 Å². The summed E-state index contributed by atoms with van der Waals surface area (Å²) in [7, 11) is 0. The van der Waals surface area contributed by atoms with Crippen molar-refractivity contribution in [3.05, 3.63) is 12.2 Å². The van der Waals surface area contributed by atoms with E-state index >= 15 is 0 Å². The minimum absolute atomic E-state index is 0.0219. The number of hydrogen-bond acceptors (Lipinski definition) is 3. The molecule has 0 aromatic rings. The van der Waals surface area contributed by atoms with Crippen molar-refractivity contribution in [1.29, 1.82) is 0 Å². The zero-order chi connectivity index (χ0) is 50.6. The van der Waals surface area contributed by atoms with E-state index in [4.69, 9.17) is 0 Å². The number of unbranched alkanes of at least 4 members (excludes halogenated alkanes) is 53. The Hall–Kier alpha value is -0.870. The highest BCUT2D eigenvalue weighted by Gasteiger charge is 2.20. The lowest BCUT2D eigenvalue weighted by Gasteiger charge is -2.22. The highest BCUT2D eigenvalue weighted by atomic mass is 16.3. The second-order valence-corrected chi connectivity index (χ2v) is 22.9. The van der Waals surface area contributed by atoms with Crippen LogP contribution in [-0.2, 0) is 4.79 Å². The molecule has 2 unspecified atom stereocenters. The molecule has 0 bridgehead atoms. The minimum atomic E-state index is -0.656.